The molecule has 0 saturated heterocycles. The highest BCUT2D eigenvalue weighted by molar-refractivity contribution is 5.99. The van der Waals surface area contributed by atoms with Crippen LogP contribution in [0.2, 0.25) is 0 Å². The van der Waals surface area contributed by atoms with Crippen LogP contribution in [0, 0.1) is 0 Å². The van der Waals surface area contributed by atoms with Crippen LogP contribution in [-0.2, 0) is 6.54 Å². The molecular weight excluding hydrogens is 242 g/mol. The number of nitrogens with one attached hydrogen (secondary N) is 3. The average molecular weight is 259 g/mol. The number of aromatic nitrogens is 3. The molecule has 6 nitrogen and oxygen atoms in total. The minimum Gasteiger partial charge on any atom is -0.383 e. The molecule has 2 heterocycles. The lowest BCUT2D eigenvalue weighted by molar-refractivity contribution is 0.0951. The predicted octanol–water partition coefficient (Wildman–Crippen LogP) is 1.56. The lowest BCUT2D eigenvalue weighted by atomic mass is 10.2. The van der Waals surface area contributed by atoms with Crippen LogP contribution in [0.3, 0.4) is 0 Å². The maximum absolute atomic E-state index is 12.1. The topological polar surface area (TPSA) is 82.7 Å². The lowest BCUT2D eigenvalue weighted by Crippen LogP contribution is -2.24. The summed E-state index contributed by atoms with van der Waals surface area (Å²) in [5.41, 5.74) is 2.22. The van der Waals surface area contributed by atoms with Gasteiger partial charge in [-0.25, -0.2) is 4.98 Å². The molecule has 0 spiro atoms. The van der Waals surface area contributed by atoms with Gasteiger partial charge in [-0.1, -0.05) is 6.92 Å². The summed E-state index contributed by atoms with van der Waals surface area (Å²) < 4.78 is 0. The van der Waals surface area contributed by atoms with E-state index >= 15 is 0 Å². The molecule has 0 aliphatic carbocycles. The van der Waals surface area contributed by atoms with Crippen LogP contribution in [0.4, 0.5) is 5.69 Å². The second kappa shape index (κ2) is 6.53. The van der Waals surface area contributed by atoms with E-state index in [4.69, 9.17) is 0 Å². The van der Waals surface area contributed by atoms with Crippen LogP contribution in [0.5, 0.6) is 0 Å². The third-order valence-electron chi connectivity index (χ3n) is 2.63. The Labute approximate surface area is 111 Å². The number of H-pyrrole nitrogens is 1. The van der Waals surface area contributed by atoms with Gasteiger partial charge in [-0.15, -0.1) is 0 Å². The highest BCUT2D eigenvalue weighted by atomic mass is 16.1. The first-order valence-electron chi connectivity index (χ1n) is 6.24. The van der Waals surface area contributed by atoms with Gasteiger partial charge in [0.15, 0.2) is 0 Å². The van der Waals surface area contributed by atoms with Crippen molar-refractivity contribution in [2.45, 2.75) is 19.9 Å². The molecule has 2 rings (SSSR count). The SMILES string of the molecule is CCCNc1cnccc1C(=O)NCc1cnc[nH]1. The van der Waals surface area contributed by atoms with E-state index in [2.05, 4.69) is 32.5 Å². The summed E-state index contributed by atoms with van der Waals surface area (Å²) >= 11 is 0. The molecule has 19 heavy (non-hydrogen) atoms. The molecule has 0 radical (unpaired) electrons. The van der Waals surface area contributed by atoms with E-state index in [1.807, 2.05) is 0 Å². The van der Waals surface area contributed by atoms with E-state index in [1.54, 1.807) is 31.0 Å². The number of carbonyl (C=O) groups excluding carboxylic acids is 1. The first-order valence-corrected chi connectivity index (χ1v) is 6.24. The number of nitrogens with zero attached hydrogens (tertiary/aromatic N) is 2. The van der Waals surface area contributed by atoms with Crippen molar-refractivity contribution in [3.8, 4) is 0 Å². The van der Waals surface area contributed by atoms with Gasteiger partial charge in [-0.05, 0) is 12.5 Å². The summed E-state index contributed by atoms with van der Waals surface area (Å²) in [6, 6.07) is 1.71. The van der Waals surface area contributed by atoms with Gasteiger partial charge in [0.25, 0.3) is 5.91 Å². The van der Waals surface area contributed by atoms with E-state index in [-0.39, 0.29) is 5.91 Å². The molecule has 0 bridgehead atoms. The van der Waals surface area contributed by atoms with Gasteiger partial charge in [0.2, 0.25) is 0 Å². The van der Waals surface area contributed by atoms with Gasteiger partial charge in [0.1, 0.15) is 0 Å². The molecule has 3 N–H and O–H groups in total. The van der Waals surface area contributed by atoms with Crippen molar-refractivity contribution in [3.05, 3.63) is 42.2 Å². The van der Waals surface area contributed by atoms with Gasteiger partial charge in [-0.3, -0.25) is 9.78 Å². The molecule has 100 valence electrons. The van der Waals surface area contributed by atoms with Crippen LogP contribution < -0.4 is 10.6 Å². The average Bonchev–Trinajstić information content (AvgIpc) is 2.96. The first kappa shape index (κ1) is 13.1. The summed E-state index contributed by atoms with van der Waals surface area (Å²) in [6.07, 6.45) is 7.54. The van der Waals surface area contributed by atoms with Crippen molar-refractivity contribution < 1.29 is 4.79 Å². The highest BCUT2D eigenvalue weighted by Gasteiger charge is 2.10. The summed E-state index contributed by atoms with van der Waals surface area (Å²) in [7, 11) is 0. The fourth-order valence-corrected chi connectivity index (χ4v) is 1.65. The van der Waals surface area contributed by atoms with E-state index in [1.165, 1.54) is 0 Å². The number of amides is 1. The molecule has 0 aliphatic rings. The molecule has 2 aromatic heterocycles. The summed E-state index contributed by atoms with van der Waals surface area (Å²) in [5.74, 6) is -0.129. The molecule has 6 heteroatoms. The lowest BCUT2D eigenvalue weighted by Gasteiger charge is -2.10. The minimum atomic E-state index is -0.129. The zero-order valence-electron chi connectivity index (χ0n) is 10.8. The van der Waals surface area contributed by atoms with Crippen molar-refractivity contribution in [2.24, 2.45) is 0 Å². The summed E-state index contributed by atoms with van der Waals surface area (Å²) in [5, 5.41) is 6.03. The Hall–Kier alpha value is -2.37. The zero-order valence-corrected chi connectivity index (χ0v) is 10.8. The molecule has 0 unspecified atom stereocenters. The number of pyridine rings is 1. The monoisotopic (exact) mass is 259 g/mol. The summed E-state index contributed by atoms with van der Waals surface area (Å²) in [4.78, 5) is 23.0. The molecule has 0 aromatic carbocycles. The van der Waals surface area contributed by atoms with Crippen LogP contribution in [-0.4, -0.2) is 27.4 Å². The van der Waals surface area contributed by atoms with Crippen molar-refractivity contribution in [2.75, 3.05) is 11.9 Å². The molecular formula is C13H17N5O. The Morgan fingerprint density at radius 2 is 2.26 bits per heavy atom. The van der Waals surface area contributed by atoms with Gasteiger partial charge in [0, 0.05) is 18.9 Å². The molecule has 0 saturated carbocycles. The van der Waals surface area contributed by atoms with Crippen molar-refractivity contribution in [1.82, 2.24) is 20.3 Å². The largest absolute Gasteiger partial charge is 0.383 e. The quantitative estimate of drug-likeness (QED) is 0.735. The second-order valence-electron chi connectivity index (χ2n) is 4.11. The van der Waals surface area contributed by atoms with Crippen molar-refractivity contribution in [1.29, 1.82) is 0 Å². The Morgan fingerprint density at radius 3 is 3.00 bits per heavy atom. The maximum atomic E-state index is 12.1. The van der Waals surface area contributed by atoms with E-state index in [0.29, 0.717) is 12.1 Å². The number of carbonyl (C=O) groups is 1. The fourth-order valence-electron chi connectivity index (χ4n) is 1.65. The number of imidazole rings is 1. The second-order valence-corrected chi connectivity index (χ2v) is 4.11. The summed E-state index contributed by atoms with van der Waals surface area (Å²) in [6.45, 7) is 3.31. The molecule has 0 atom stereocenters. The predicted molar refractivity (Wildman–Crippen MR) is 72.8 cm³/mol. The Kier molecular flexibility index (Phi) is 4.49. The normalized spacial score (nSPS) is 10.2. The number of anilines is 1. The number of rotatable bonds is 6. The Morgan fingerprint density at radius 1 is 1.37 bits per heavy atom. The smallest absolute Gasteiger partial charge is 0.253 e. The van der Waals surface area contributed by atoms with E-state index in [9.17, 15) is 4.79 Å². The Bertz CT molecular complexity index is 524. The standard InChI is InChI=1S/C13H17N5O/c1-2-4-16-12-8-14-5-3-11(12)13(19)17-7-10-6-15-9-18-10/h3,5-6,8-9,16H,2,4,7H2,1H3,(H,15,18)(H,17,19). The zero-order chi connectivity index (χ0) is 13.5. The number of hydrogen-bond donors (Lipinski definition) is 3. The van der Waals surface area contributed by atoms with Crippen LogP contribution >= 0.6 is 0 Å². The van der Waals surface area contributed by atoms with Crippen LogP contribution in [0.15, 0.2) is 31.0 Å². The molecule has 2 aromatic rings. The number of aromatic amines is 1. The first-order chi connectivity index (χ1) is 9.31. The van der Waals surface area contributed by atoms with E-state index < -0.39 is 0 Å². The van der Waals surface area contributed by atoms with Gasteiger partial charge in [-0.2, -0.15) is 0 Å². The van der Waals surface area contributed by atoms with E-state index in [0.717, 1.165) is 24.3 Å². The third-order valence-corrected chi connectivity index (χ3v) is 2.63. The fraction of sp³-hybridized carbons (Fsp3) is 0.308. The number of hydrogen-bond acceptors (Lipinski definition) is 4. The van der Waals surface area contributed by atoms with Crippen molar-refractivity contribution in [3.63, 3.8) is 0 Å². The maximum Gasteiger partial charge on any atom is 0.253 e. The minimum absolute atomic E-state index is 0.129. The molecule has 0 fully saturated rings. The molecule has 0 aliphatic heterocycles. The van der Waals surface area contributed by atoms with Crippen molar-refractivity contribution >= 4 is 11.6 Å². The molecule has 1 amide bonds. The third kappa shape index (κ3) is 3.54. The Balaban J connectivity index is 2.01. The van der Waals surface area contributed by atoms with Gasteiger partial charge < -0.3 is 15.6 Å². The van der Waals surface area contributed by atoms with Gasteiger partial charge >= 0.3 is 0 Å². The van der Waals surface area contributed by atoms with Crippen LogP contribution in [0.1, 0.15) is 29.4 Å². The highest BCUT2D eigenvalue weighted by Crippen LogP contribution is 2.13. The van der Waals surface area contributed by atoms with Crippen LogP contribution in [0.25, 0.3) is 0 Å². The van der Waals surface area contributed by atoms with Gasteiger partial charge in [0.05, 0.1) is 36.0 Å².